The number of nitrogens with zero attached hydrogens (tertiary/aromatic N) is 2. The number of aldehydes is 1. The molecule has 1 heterocycles. The molecule has 0 radical (unpaired) electrons. The van der Waals surface area contributed by atoms with Crippen molar-refractivity contribution in [3.05, 3.63) is 100 Å². The van der Waals surface area contributed by atoms with Crippen LogP contribution in [0.1, 0.15) is 78.9 Å². The lowest BCUT2D eigenvalue weighted by Crippen LogP contribution is -2.30. The normalized spacial score (nSPS) is 14.0. The van der Waals surface area contributed by atoms with E-state index in [1.165, 1.54) is 43.2 Å². The molecule has 196 valence electrons. The third-order valence-corrected chi connectivity index (χ3v) is 8.32. The summed E-state index contributed by atoms with van der Waals surface area (Å²) >= 11 is 1.66. The van der Waals surface area contributed by atoms with E-state index in [4.69, 9.17) is 9.72 Å². The van der Waals surface area contributed by atoms with Crippen LogP contribution in [0.4, 0.5) is 5.13 Å². The number of anilines is 1. The highest BCUT2D eigenvalue weighted by Crippen LogP contribution is 2.33. The number of hydrogen-bond acceptors (Lipinski definition) is 5. The highest BCUT2D eigenvalue weighted by Gasteiger charge is 2.17. The van der Waals surface area contributed by atoms with Gasteiger partial charge in [0.15, 0.2) is 5.13 Å². The van der Waals surface area contributed by atoms with E-state index in [9.17, 15) is 4.79 Å². The summed E-state index contributed by atoms with van der Waals surface area (Å²) in [6.45, 7) is 5.67. The summed E-state index contributed by atoms with van der Waals surface area (Å²) in [6.07, 6.45) is 7.65. The van der Waals surface area contributed by atoms with Crippen LogP contribution in [0.5, 0.6) is 5.75 Å². The Kier molecular flexibility index (Phi) is 8.54. The molecule has 4 nitrogen and oxygen atoms in total. The highest BCUT2D eigenvalue weighted by molar-refractivity contribution is 7.14. The Balaban J connectivity index is 1.19. The number of benzene rings is 3. The Morgan fingerprint density at radius 1 is 0.921 bits per heavy atom. The summed E-state index contributed by atoms with van der Waals surface area (Å²) in [5.41, 5.74) is 6.58. The molecule has 1 saturated carbocycles. The molecule has 5 rings (SSSR count). The maximum absolute atomic E-state index is 11.0. The van der Waals surface area contributed by atoms with Gasteiger partial charge in [-0.15, -0.1) is 11.3 Å². The van der Waals surface area contributed by atoms with Crippen LogP contribution in [0.2, 0.25) is 0 Å². The molecule has 0 amide bonds. The smallest absolute Gasteiger partial charge is 0.186 e. The van der Waals surface area contributed by atoms with Gasteiger partial charge in [-0.1, -0.05) is 67.8 Å². The minimum absolute atomic E-state index is 0.298. The zero-order chi connectivity index (χ0) is 26.3. The first-order valence-electron chi connectivity index (χ1n) is 13.7. The van der Waals surface area contributed by atoms with Crippen LogP contribution in [0.3, 0.4) is 0 Å². The summed E-state index contributed by atoms with van der Waals surface area (Å²) in [7, 11) is 0. The molecule has 0 aliphatic heterocycles. The van der Waals surface area contributed by atoms with Crippen molar-refractivity contribution < 1.29 is 9.53 Å². The van der Waals surface area contributed by atoms with Crippen LogP contribution in [0.25, 0.3) is 11.3 Å². The molecule has 38 heavy (non-hydrogen) atoms. The fourth-order valence-corrected chi connectivity index (χ4v) is 6.08. The van der Waals surface area contributed by atoms with Crippen LogP contribution in [-0.2, 0) is 13.2 Å². The Morgan fingerprint density at radius 2 is 1.61 bits per heavy atom. The molecule has 4 aromatic rings. The monoisotopic (exact) mass is 524 g/mol. The summed E-state index contributed by atoms with van der Waals surface area (Å²) in [5, 5.41) is 3.11. The summed E-state index contributed by atoms with van der Waals surface area (Å²) in [4.78, 5) is 18.2. The second-order valence-corrected chi connectivity index (χ2v) is 11.3. The average Bonchev–Trinajstić information content (AvgIpc) is 3.46. The Labute approximate surface area is 230 Å². The van der Waals surface area contributed by atoms with Gasteiger partial charge in [0.1, 0.15) is 18.6 Å². The molecule has 0 saturated heterocycles. The molecule has 0 unspecified atom stereocenters. The Morgan fingerprint density at radius 3 is 2.26 bits per heavy atom. The second-order valence-electron chi connectivity index (χ2n) is 10.5. The molecule has 1 aliphatic rings. The molecule has 0 atom stereocenters. The first-order chi connectivity index (χ1) is 18.6. The zero-order valence-electron chi connectivity index (χ0n) is 22.3. The van der Waals surface area contributed by atoms with Gasteiger partial charge in [0.2, 0.25) is 0 Å². The number of rotatable bonds is 10. The fraction of sp³-hybridized carbons (Fsp3) is 0.333. The van der Waals surface area contributed by atoms with Crippen LogP contribution < -0.4 is 9.64 Å². The van der Waals surface area contributed by atoms with Gasteiger partial charge < -0.3 is 9.64 Å². The SMILES string of the molecule is CC(C)N(Cc1ccc(C=O)cc1)c1nc(-c2ccc(OCc3ccc(C4CCCCC4)cc3)cc2)cs1. The van der Waals surface area contributed by atoms with Crippen molar-refractivity contribution in [3.63, 3.8) is 0 Å². The van der Waals surface area contributed by atoms with E-state index in [-0.39, 0.29) is 0 Å². The first-order valence-corrected chi connectivity index (χ1v) is 14.6. The van der Waals surface area contributed by atoms with Crippen LogP contribution in [-0.4, -0.2) is 17.3 Å². The number of hydrogen-bond donors (Lipinski definition) is 0. The molecule has 1 aromatic heterocycles. The maximum atomic E-state index is 11.0. The van der Waals surface area contributed by atoms with Gasteiger partial charge >= 0.3 is 0 Å². The van der Waals surface area contributed by atoms with E-state index in [0.29, 0.717) is 18.2 Å². The van der Waals surface area contributed by atoms with Crippen LogP contribution >= 0.6 is 11.3 Å². The summed E-state index contributed by atoms with van der Waals surface area (Å²) in [5.74, 6) is 1.60. The molecule has 0 spiro atoms. The van der Waals surface area contributed by atoms with E-state index in [1.807, 2.05) is 36.4 Å². The van der Waals surface area contributed by atoms with Gasteiger partial charge in [-0.25, -0.2) is 4.98 Å². The van der Waals surface area contributed by atoms with Gasteiger partial charge in [0, 0.05) is 29.1 Å². The Bertz CT molecular complexity index is 1300. The number of carbonyl (C=O) groups is 1. The van der Waals surface area contributed by atoms with Gasteiger partial charge in [0.05, 0.1) is 5.69 Å². The van der Waals surface area contributed by atoms with Gasteiger partial charge in [-0.2, -0.15) is 0 Å². The van der Waals surface area contributed by atoms with E-state index >= 15 is 0 Å². The summed E-state index contributed by atoms with van der Waals surface area (Å²) in [6, 6.07) is 25.3. The number of ether oxygens (including phenoxy) is 1. The lowest BCUT2D eigenvalue weighted by Gasteiger charge is -2.26. The minimum Gasteiger partial charge on any atom is -0.489 e. The predicted octanol–water partition coefficient (Wildman–Crippen LogP) is 8.66. The molecule has 5 heteroatoms. The lowest BCUT2D eigenvalue weighted by atomic mass is 9.84. The molecule has 0 N–H and O–H groups in total. The molecular formula is C33H36N2O2S. The first kappa shape index (κ1) is 26.2. The molecule has 0 bridgehead atoms. The molecule has 3 aromatic carbocycles. The van der Waals surface area contributed by atoms with Crippen LogP contribution in [0.15, 0.2) is 78.2 Å². The molecule has 1 aliphatic carbocycles. The maximum Gasteiger partial charge on any atom is 0.186 e. The van der Waals surface area contributed by atoms with E-state index in [2.05, 4.69) is 60.5 Å². The predicted molar refractivity (Wildman–Crippen MR) is 157 cm³/mol. The van der Waals surface area contributed by atoms with Crippen molar-refractivity contribution in [1.29, 1.82) is 0 Å². The van der Waals surface area contributed by atoms with E-state index in [1.54, 1.807) is 11.3 Å². The quantitative estimate of drug-likeness (QED) is 0.195. The van der Waals surface area contributed by atoms with Crippen molar-refractivity contribution in [2.45, 2.75) is 71.1 Å². The zero-order valence-corrected chi connectivity index (χ0v) is 23.1. The topological polar surface area (TPSA) is 42.4 Å². The van der Waals surface area contributed by atoms with Crippen molar-refractivity contribution in [1.82, 2.24) is 4.98 Å². The number of carbonyl (C=O) groups excluding carboxylic acids is 1. The van der Waals surface area contributed by atoms with Crippen molar-refractivity contribution >= 4 is 22.8 Å². The lowest BCUT2D eigenvalue weighted by molar-refractivity contribution is 0.112. The van der Waals surface area contributed by atoms with E-state index < -0.39 is 0 Å². The standard InChI is InChI=1S/C33H36N2O2S/c1-24(2)35(20-25-8-10-26(21-36)11-9-25)33-34-32(23-38-33)30-16-18-31(19-17-30)37-22-27-12-14-29(15-13-27)28-6-4-3-5-7-28/h8-19,21,23-24,28H,3-7,20,22H2,1-2H3. The Hall–Kier alpha value is -3.44. The molecule has 1 fully saturated rings. The number of thiazole rings is 1. The fourth-order valence-electron chi connectivity index (χ4n) is 5.11. The van der Waals surface area contributed by atoms with Crippen LogP contribution in [0, 0.1) is 0 Å². The minimum atomic E-state index is 0.298. The molecular weight excluding hydrogens is 488 g/mol. The van der Waals surface area contributed by atoms with Gasteiger partial charge in [-0.05, 0) is 73.6 Å². The van der Waals surface area contributed by atoms with Gasteiger partial charge in [-0.3, -0.25) is 4.79 Å². The largest absolute Gasteiger partial charge is 0.489 e. The van der Waals surface area contributed by atoms with Gasteiger partial charge in [0.25, 0.3) is 0 Å². The van der Waals surface area contributed by atoms with Crippen molar-refractivity contribution in [3.8, 4) is 17.0 Å². The third-order valence-electron chi connectivity index (χ3n) is 7.44. The van der Waals surface area contributed by atoms with Crippen molar-refractivity contribution in [2.24, 2.45) is 0 Å². The third kappa shape index (κ3) is 6.51. The van der Waals surface area contributed by atoms with Crippen molar-refractivity contribution in [2.75, 3.05) is 4.90 Å². The second kappa shape index (κ2) is 12.4. The number of aromatic nitrogens is 1. The van der Waals surface area contributed by atoms with E-state index in [0.717, 1.165) is 46.5 Å². The summed E-state index contributed by atoms with van der Waals surface area (Å²) < 4.78 is 6.08. The highest BCUT2D eigenvalue weighted by atomic mass is 32.1. The average molecular weight is 525 g/mol.